The topological polar surface area (TPSA) is 63.1 Å². The van der Waals surface area contributed by atoms with Gasteiger partial charge in [-0.25, -0.2) is 14.5 Å². The Labute approximate surface area is 140 Å². The fourth-order valence-corrected chi connectivity index (χ4v) is 3.49. The minimum Gasteiger partial charge on any atom is -0.334 e. The number of amides is 2. The van der Waals surface area contributed by atoms with E-state index in [9.17, 15) is 4.79 Å². The summed E-state index contributed by atoms with van der Waals surface area (Å²) in [7, 11) is 0. The van der Waals surface area contributed by atoms with Gasteiger partial charge in [-0.3, -0.25) is 0 Å². The molecule has 1 aliphatic rings. The Morgan fingerprint density at radius 3 is 3.17 bits per heavy atom. The number of carbonyl (C=O) groups excluding carboxylic acids is 1. The smallest absolute Gasteiger partial charge is 0.317 e. The van der Waals surface area contributed by atoms with Crippen molar-refractivity contribution in [3.8, 4) is 5.82 Å². The highest BCUT2D eigenvalue weighted by molar-refractivity contribution is 7.99. The lowest BCUT2D eigenvalue weighted by molar-refractivity contribution is 0.201. The number of carbonyl (C=O) groups is 1. The molecule has 0 saturated carbocycles. The first-order valence-corrected chi connectivity index (χ1v) is 8.86. The Balaban J connectivity index is 1.57. The van der Waals surface area contributed by atoms with Crippen LogP contribution in [0.4, 0.5) is 4.79 Å². The number of pyridine rings is 1. The third kappa shape index (κ3) is 4.25. The molecule has 1 atom stereocenters. The molecule has 0 aliphatic carbocycles. The van der Waals surface area contributed by atoms with E-state index in [0.29, 0.717) is 11.8 Å². The molecule has 7 heteroatoms. The van der Waals surface area contributed by atoms with E-state index < -0.39 is 0 Å². The number of nitrogens with one attached hydrogen (secondary N) is 1. The van der Waals surface area contributed by atoms with Crippen LogP contribution in [0.2, 0.25) is 0 Å². The third-order valence-electron chi connectivity index (χ3n) is 3.85. The second kappa shape index (κ2) is 7.50. The summed E-state index contributed by atoms with van der Waals surface area (Å²) >= 11 is 1.94. The van der Waals surface area contributed by atoms with Crippen LogP contribution in [-0.4, -0.2) is 49.8 Å². The van der Waals surface area contributed by atoms with Crippen molar-refractivity contribution in [2.45, 2.75) is 25.1 Å². The van der Waals surface area contributed by atoms with Gasteiger partial charge in [0.2, 0.25) is 0 Å². The Morgan fingerprint density at radius 1 is 1.43 bits per heavy atom. The van der Waals surface area contributed by atoms with Crippen molar-refractivity contribution in [2.75, 3.05) is 18.8 Å². The molecule has 122 valence electrons. The largest absolute Gasteiger partial charge is 0.334 e. The number of nitrogens with zero attached hydrogens (tertiary/aromatic N) is 4. The first-order valence-electron chi connectivity index (χ1n) is 7.82. The van der Waals surface area contributed by atoms with Crippen molar-refractivity contribution in [3.05, 3.63) is 42.4 Å². The minimum atomic E-state index is 0.0113. The molecule has 0 bridgehead atoms. The molecule has 23 heavy (non-hydrogen) atoms. The van der Waals surface area contributed by atoms with Crippen LogP contribution in [0.1, 0.15) is 18.9 Å². The van der Waals surface area contributed by atoms with Crippen LogP contribution >= 0.6 is 11.8 Å². The lowest BCUT2D eigenvalue weighted by Crippen LogP contribution is -2.40. The fraction of sp³-hybridized carbons (Fsp3) is 0.438. The van der Waals surface area contributed by atoms with E-state index in [2.05, 4.69) is 22.3 Å². The van der Waals surface area contributed by atoms with Crippen LogP contribution in [0.5, 0.6) is 0 Å². The fourth-order valence-electron chi connectivity index (χ4n) is 2.49. The molecule has 0 radical (unpaired) electrons. The van der Waals surface area contributed by atoms with Crippen molar-refractivity contribution in [1.82, 2.24) is 25.0 Å². The van der Waals surface area contributed by atoms with Gasteiger partial charge in [0.15, 0.2) is 5.82 Å². The first-order chi connectivity index (χ1) is 11.2. The molecule has 1 saturated heterocycles. The quantitative estimate of drug-likeness (QED) is 0.937. The van der Waals surface area contributed by atoms with Crippen molar-refractivity contribution >= 4 is 17.8 Å². The maximum atomic E-state index is 12.3. The van der Waals surface area contributed by atoms with Gasteiger partial charge in [0.1, 0.15) is 0 Å². The van der Waals surface area contributed by atoms with Crippen LogP contribution in [-0.2, 0) is 6.54 Å². The maximum absolute atomic E-state index is 12.3. The zero-order chi connectivity index (χ0) is 16.1. The summed E-state index contributed by atoms with van der Waals surface area (Å²) in [5.41, 5.74) is 1.01. The second-order valence-corrected chi connectivity index (χ2v) is 7.14. The summed E-state index contributed by atoms with van der Waals surface area (Å²) in [5.74, 6) is 1.76. The van der Waals surface area contributed by atoms with Gasteiger partial charge in [-0.05, 0) is 30.2 Å². The van der Waals surface area contributed by atoms with E-state index in [1.54, 1.807) is 17.1 Å². The summed E-state index contributed by atoms with van der Waals surface area (Å²) in [6, 6.07) is 5.72. The van der Waals surface area contributed by atoms with Gasteiger partial charge in [0.05, 0.1) is 0 Å². The van der Waals surface area contributed by atoms with Crippen LogP contribution in [0.25, 0.3) is 5.82 Å². The molecule has 2 aromatic rings. The van der Waals surface area contributed by atoms with Crippen molar-refractivity contribution in [3.63, 3.8) is 0 Å². The molecule has 1 unspecified atom stereocenters. The molecule has 0 spiro atoms. The van der Waals surface area contributed by atoms with Crippen LogP contribution in [0, 0.1) is 0 Å². The summed E-state index contributed by atoms with van der Waals surface area (Å²) in [6.45, 7) is 4.36. The van der Waals surface area contributed by atoms with Gasteiger partial charge in [-0.2, -0.15) is 16.9 Å². The molecule has 3 heterocycles. The van der Waals surface area contributed by atoms with Gasteiger partial charge < -0.3 is 10.2 Å². The lowest BCUT2D eigenvalue weighted by Gasteiger charge is -2.20. The Morgan fingerprint density at radius 2 is 2.35 bits per heavy atom. The molecule has 6 nitrogen and oxygen atoms in total. The van der Waals surface area contributed by atoms with E-state index in [4.69, 9.17) is 0 Å². The summed E-state index contributed by atoms with van der Waals surface area (Å²) < 4.78 is 1.71. The number of aromatic nitrogens is 3. The Hall–Kier alpha value is -2.02. The van der Waals surface area contributed by atoms with Gasteiger partial charge in [-0.15, -0.1) is 0 Å². The number of hydrogen-bond acceptors (Lipinski definition) is 4. The predicted octanol–water partition coefficient (Wildman–Crippen LogP) is 2.30. The Bertz CT molecular complexity index is 646. The van der Waals surface area contributed by atoms with Crippen molar-refractivity contribution in [1.29, 1.82) is 0 Å². The molecular weight excluding hydrogens is 310 g/mol. The zero-order valence-corrected chi connectivity index (χ0v) is 14.0. The summed E-state index contributed by atoms with van der Waals surface area (Å²) in [4.78, 5) is 18.5. The average Bonchev–Trinajstić information content (AvgIpc) is 3.02. The van der Waals surface area contributed by atoms with Gasteiger partial charge >= 0.3 is 6.03 Å². The highest BCUT2D eigenvalue weighted by Crippen LogP contribution is 2.18. The van der Waals surface area contributed by atoms with E-state index >= 15 is 0 Å². The van der Waals surface area contributed by atoms with Crippen LogP contribution in [0.15, 0.2) is 36.8 Å². The zero-order valence-electron chi connectivity index (χ0n) is 13.2. The second-order valence-electron chi connectivity index (χ2n) is 5.59. The summed E-state index contributed by atoms with van der Waals surface area (Å²) in [6.07, 6.45) is 6.36. The van der Waals surface area contributed by atoms with E-state index in [1.807, 2.05) is 41.1 Å². The number of rotatable bonds is 3. The minimum absolute atomic E-state index is 0.0113. The molecule has 0 aromatic carbocycles. The average molecular weight is 331 g/mol. The van der Waals surface area contributed by atoms with Crippen LogP contribution < -0.4 is 5.32 Å². The van der Waals surface area contributed by atoms with Gasteiger partial charge in [0, 0.05) is 49.2 Å². The summed E-state index contributed by atoms with van der Waals surface area (Å²) in [5, 5.41) is 7.80. The highest BCUT2D eigenvalue weighted by Gasteiger charge is 2.18. The number of hydrogen-bond donors (Lipinski definition) is 1. The van der Waals surface area contributed by atoms with Crippen molar-refractivity contribution in [2.24, 2.45) is 0 Å². The molecule has 1 aliphatic heterocycles. The molecular formula is C16H21N5OS. The van der Waals surface area contributed by atoms with Crippen LogP contribution in [0.3, 0.4) is 0 Å². The Kier molecular flexibility index (Phi) is 5.17. The van der Waals surface area contributed by atoms with E-state index in [-0.39, 0.29) is 6.03 Å². The number of urea groups is 1. The molecule has 3 rings (SSSR count). The highest BCUT2D eigenvalue weighted by atomic mass is 32.2. The maximum Gasteiger partial charge on any atom is 0.317 e. The lowest BCUT2D eigenvalue weighted by atomic mass is 10.2. The monoisotopic (exact) mass is 331 g/mol. The molecule has 2 amide bonds. The normalized spacial score (nSPS) is 18.5. The van der Waals surface area contributed by atoms with E-state index in [1.165, 1.54) is 0 Å². The standard InChI is InChI=1S/C16H21N5OS/c1-13-4-8-20(9-10-23-13)16(22)18-12-14-3-6-17-15(11-14)21-7-2-5-19-21/h2-3,5-7,11,13H,4,8-10,12H2,1H3,(H,18,22). The molecule has 2 aromatic heterocycles. The number of thioether (sulfide) groups is 1. The van der Waals surface area contributed by atoms with E-state index in [0.717, 1.165) is 36.6 Å². The predicted molar refractivity (Wildman–Crippen MR) is 91.7 cm³/mol. The third-order valence-corrected chi connectivity index (χ3v) is 5.07. The molecule has 1 N–H and O–H groups in total. The SMILES string of the molecule is CC1CCN(C(=O)NCc2ccnc(-n3cccn3)c2)CCS1. The van der Waals surface area contributed by atoms with Crippen molar-refractivity contribution < 1.29 is 4.79 Å². The van der Waals surface area contributed by atoms with Gasteiger partial charge in [-0.1, -0.05) is 6.92 Å². The molecule has 1 fully saturated rings. The van der Waals surface area contributed by atoms with Gasteiger partial charge in [0.25, 0.3) is 0 Å². The first kappa shape index (κ1) is 15.9.